The molecule has 0 bridgehead atoms. The number of aromatic nitrogens is 1. The monoisotopic (exact) mass is 223 g/mol. The average molecular weight is 223 g/mol. The minimum Gasteiger partial charge on any atom is -0.384 e. The van der Waals surface area contributed by atoms with E-state index < -0.39 is 0 Å². The first kappa shape index (κ1) is 12.3. The van der Waals surface area contributed by atoms with Gasteiger partial charge in [-0.2, -0.15) is 0 Å². The Balaban J connectivity index is 2.40. The zero-order valence-corrected chi connectivity index (χ0v) is 9.53. The lowest BCUT2D eigenvalue weighted by atomic mass is 10.3. The summed E-state index contributed by atoms with van der Waals surface area (Å²) in [6, 6.07) is 3.60. The topological polar surface area (TPSA) is 83.3 Å². The quantitative estimate of drug-likeness (QED) is 0.492. The number of hydrogen-bond donors (Lipinski definition) is 3. The van der Waals surface area contributed by atoms with Crippen LogP contribution in [0.5, 0.6) is 0 Å². The summed E-state index contributed by atoms with van der Waals surface area (Å²) in [5.74, 6) is 5.92. The van der Waals surface area contributed by atoms with Crippen LogP contribution in [0.4, 0.5) is 11.5 Å². The van der Waals surface area contributed by atoms with Crippen LogP contribution in [0.2, 0.25) is 0 Å². The van der Waals surface area contributed by atoms with Crippen LogP contribution in [0.3, 0.4) is 0 Å². The lowest BCUT2D eigenvalue weighted by molar-refractivity contribution is -0.128. The fourth-order valence-corrected chi connectivity index (χ4v) is 1.16. The van der Waals surface area contributed by atoms with Crippen molar-refractivity contribution in [2.24, 2.45) is 5.84 Å². The van der Waals surface area contributed by atoms with Gasteiger partial charge >= 0.3 is 0 Å². The van der Waals surface area contributed by atoms with Gasteiger partial charge in [-0.3, -0.25) is 4.79 Å². The first-order valence-electron chi connectivity index (χ1n) is 5.00. The fourth-order valence-electron chi connectivity index (χ4n) is 1.16. The van der Waals surface area contributed by atoms with Crippen LogP contribution in [-0.4, -0.2) is 36.4 Å². The predicted molar refractivity (Wildman–Crippen MR) is 63.8 cm³/mol. The lowest BCUT2D eigenvalue weighted by Crippen LogP contribution is -2.23. The smallest absolute Gasteiger partial charge is 0.223 e. The largest absolute Gasteiger partial charge is 0.384 e. The molecule has 6 heteroatoms. The van der Waals surface area contributed by atoms with Crippen LogP contribution in [0.1, 0.15) is 6.42 Å². The first-order valence-corrected chi connectivity index (χ1v) is 5.00. The van der Waals surface area contributed by atoms with Crippen LogP contribution in [0.25, 0.3) is 0 Å². The van der Waals surface area contributed by atoms with Gasteiger partial charge in [-0.25, -0.2) is 10.8 Å². The summed E-state index contributed by atoms with van der Waals surface area (Å²) in [5.41, 5.74) is 3.34. The van der Waals surface area contributed by atoms with Crippen LogP contribution in [-0.2, 0) is 4.79 Å². The molecule has 0 aliphatic carbocycles. The molecule has 6 nitrogen and oxygen atoms in total. The molecule has 0 radical (unpaired) electrons. The summed E-state index contributed by atoms with van der Waals surface area (Å²) >= 11 is 0. The highest BCUT2D eigenvalue weighted by Crippen LogP contribution is 2.10. The van der Waals surface area contributed by atoms with Gasteiger partial charge in [0.25, 0.3) is 0 Å². The third-order valence-electron chi connectivity index (χ3n) is 2.07. The molecule has 0 saturated heterocycles. The highest BCUT2D eigenvalue weighted by Gasteiger charge is 2.02. The summed E-state index contributed by atoms with van der Waals surface area (Å²) in [4.78, 5) is 16.8. The molecule has 0 aromatic carbocycles. The van der Waals surface area contributed by atoms with Gasteiger partial charge in [0.2, 0.25) is 5.91 Å². The minimum absolute atomic E-state index is 0.0960. The van der Waals surface area contributed by atoms with Crippen LogP contribution in [0, 0.1) is 0 Å². The molecular formula is C10H17N5O. The summed E-state index contributed by atoms with van der Waals surface area (Å²) in [6.07, 6.45) is 2.10. The predicted octanol–water partition coefficient (Wildman–Crippen LogP) is 0.257. The molecule has 0 spiro atoms. The molecule has 0 aliphatic rings. The summed E-state index contributed by atoms with van der Waals surface area (Å²) in [5, 5.41) is 3.12. The number of pyridine rings is 1. The third-order valence-corrected chi connectivity index (χ3v) is 2.07. The Kier molecular flexibility index (Phi) is 4.53. The van der Waals surface area contributed by atoms with Crippen molar-refractivity contribution in [3.05, 3.63) is 18.3 Å². The van der Waals surface area contributed by atoms with E-state index in [0.29, 0.717) is 18.8 Å². The molecule has 0 atom stereocenters. The maximum atomic E-state index is 11.3. The zero-order valence-electron chi connectivity index (χ0n) is 9.53. The van der Waals surface area contributed by atoms with Gasteiger partial charge in [0, 0.05) is 45.0 Å². The van der Waals surface area contributed by atoms with E-state index in [0.717, 1.165) is 5.69 Å². The molecular weight excluding hydrogens is 206 g/mol. The number of anilines is 2. The van der Waals surface area contributed by atoms with Crippen molar-refractivity contribution in [3.63, 3.8) is 0 Å². The number of hydrazine groups is 1. The molecule has 1 rings (SSSR count). The molecule has 0 unspecified atom stereocenters. The van der Waals surface area contributed by atoms with Crippen molar-refractivity contribution in [1.29, 1.82) is 0 Å². The number of carbonyl (C=O) groups excluding carboxylic acids is 1. The summed E-state index contributed by atoms with van der Waals surface area (Å²) in [7, 11) is 3.48. The number of amides is 1. The van der Waals surface area contributed by atoms with Gasteiger partial charge < -0.3 is 15.6 Å². The number of nitrogens with one attached hydrogen (secondary N) is 2. The SMILES string of the molecule is CN(C)C(=O)CCNc1ccnc(NN)c1. The van der Waals surface area contributed by atoms with Gasteiger partial charge in [-0.15, -0.1) is 0 Å². The third kappa shape index (κ3) is 3.74. The second-order valence-corrected chi connectivity index (χ2v) is 3.54. The average Bonchev–Trinajstić information content (AvgIpc) is 2.29. The molecule has 16 heavy (non-hydrogen) atoms. The standard InChI is InChI=1S/C10H17N5O/c1-15(2)10(16)4-6-12-8-3-5-13-9(7-8)14-11/h3,5,7H,4,6,11H2,1-2H3,(H2,12,13,14). The van der Waals surface area contributed by atoms with E-state index in [1.165, 1.54) is 0 Å². The molecule has 1 aromatic rings. The van der Waals surface area contributed by atoms with E-state index in [2.05, 4.69) is 15.7 Å². The number of nitrogens with two attached hydrogens (primary N) is 1. The highest BCUT2D eigenvalue weighted by molar-refractivity contribution is 5.76. The maximum Gasteiger partial charge on any atom is 0.223 e. The second kappa shape index (κ2) is 5.92. The van der Waals surface area contributed by atoms with Crippen molar-refractivity contribution < 1.29 is 4.79 Å². The van der Waals surface area contributed by atoms with Gasteiger partial charge in [0.05, 0.1) is 0 Å². The van der Waals surface area contributed by atoms with Crippen LogP contribution >= 0.6 is 0 Å². The van der Waals surface area contributed by atoms with Gasteiger partial charge in [-0.1, -0.05) is 0 Å². The normalized spacial score (nSPS) is 9.69. The van der Waals surface area contributed by atoms with Crippen molar-refractivity contribution in [3.8, 4) is 0 Å². The van der Waals surface area contributed by atoms with Crippen molar-refractivity contribution in [2.45, 2.75) is 6.42 Å². The Bertz CT molecular complexity index is 353. The van der Waals surface area contributed by atoms with E-state index in [4.69, 9.17) is 5.84 Å². The molecule has 0 fully saturated rings. The molecule has 0 saturated carbocycles. The number of carbonyl (C=O) groups is 1. The number of rotatable bonds is 5. The van der Waals surface area contributed by atoms with Crippen LogP contribution < -0.4 is 16.6 Å². The van der Waals surface area contributed by atoms with Gasteiger partial charge in [-0.05, 0) is 6.07 Å². The molecule has 0 aliphatic heterocycles. The van der Waals surface area contributed by atoms with E-state index in [1.54, 1.807) is 31.3 Å². The Hall–Kier alpha value is -1.82. The van der Waals surface area contributed by atoms with E-state index >= 15 is 0 Å². The fraction of sp³-hybridized carbons (Fsp3) is 0.400. The minimum atomic E-state index is 0.0960. The molecule has 1 aromatic heterocycles. The van der Waals surface area contributed by atoms with Gasteiger partial charge in [0.15, 0.2) is 0 Å². The molecule has 4 N–H and O–H groups in total. The zero-order chi connectivity index (χ0) is 12.0. The Morgan fingerprint density at radius 1 is 1.56 bits per heavy atom. The Labute approximate surface area is 94.8 Å². The highest BCUT2D eigenvalue weighted by atomic mass is 16.2. The van der Waals surface area contributed by atoms with E-state index in [9.17, 15) is 4.79 Å². The number of hydrogen-bond acceptors (Lipinski definition) is 5. The van der Waals surface area contributed by atoms with Gasteiger partial charge in [0.1, 0.15) is 5.82 Å². The second-order valence-electron chi connectivity index (χ2n) is 3.54. The Morgan fingerprint density at radius 3 is 2.94 bits per heavy atom. The summed E-state index contributed by atoms with van der Waals surface area (Å²) < 4.78 is 0. The van der Waals surface area contributed by atoms with Crippen molar-refractivity contribution in [1.82, 2.24) is 9.88 Å². The Morgan fingerprint density at radius 2 is 2.31 bits per heavy atom. The number of nitrogen functional groups attached to an aromatic ring is 1. The van der Waals surface area contributed by atoms with Crippen molar-refractivity contribution >= 4 is 17.4 Å². The molecule has 1 heterocycles. The number of nitrogens with zero attached hydrogens (tertiary/aromatic N) is 2. The van der Waals surface area contributed by atoms with Crippen LogP contribution in [0.15, 0.2) is 18.3 Å². The van der Waals surface area contributed by atoms with E-state index in [-0.39, 0.29) is 5.91 Å². The first-order chi connectivity index (χ1) is 7.63. The maximum absolute atomic E-state index is 11.3. The summed E-state index contributed by atoms with van der Waals surface area (Å²) in [6.45, 7) is 0.588. The van der Waals surface area contributed by atoms with Crippen molar-refractivity contribution in [2.75, 3.05) is 31.4 Å². The van der Waals surface area contributed by atoms with E-state index in [1.807, 2.05) is 6.07 Å². The molecule has 1 amide bonds. The lowest BCUT2D eigenvalue weighted by Gasteiger charge is -2.11. The molecule has 88 valence electrons.